The number of hydrogen-bond donors (Lipinski definition) is 1. The molecule has 1 saturated heterocycles. The minimum atomic E-state index is 0.509. The Balaban J connectivity index is 1.40. The minimum absolute atomic E-state index is 0.509. The Labute approximate surface area is 123 Å². The highest BCUT2D eigenvalue weighted by Crippen LogP contribution is 2.38. The Morgan fingerprint density at radius 1 is 1.33 bits per heavy atom. The average molecular weight is 287 g/mol. The molecular weight excluding hydrogens is 266 g/mol. The third kappa shape index (κ3) is 2.85. The Hall–Kier alpha value is -1.69. The molecule has 2 fully saturated rings. The van der Waals surface area contributed by atoms with Crippen molar-refractivity contribution in [1.29, 1.82) is 0 Å². The molecule has 0 amide bonds. The first-order valence-corrected chi connectivity index (χ1v) is 7.84. The number of hydrogen-bond acceptors (Lipinski definition) is 5. The van der Waals surface area contributed by atoms with E-state index in [0.29, 0.717) is 11.8 Å². The number of likely N-dealkylation sites (tertiary alicyclic amines) is 1. The second-order valence-electron chi connectivity index (χ2n) is 6.37. The SMILES string of the molecule is Cc1cc([C@@H]2CCCN(Cc3nc(C4CC4)no3)C2)n[nH]1. The number of H-pyrrole nitrogens is 1. The molecule has 1 N–H and O–H groups in total. The lowest BCUT2D eigenvalue weighted by molar-refractivity contribution is 0.175. The van der Waals surface area contributed by atoms with Gasteiger partial charge in [-0.2, -0.15) is 10.1 Å². The third-order valence-electron chi connectivity index (χ3n) is 4.43. The van der Waals surface area contributed by atoms with Crippen molar-refractivity contribution >= 4 is 0 Å². The number of nitrogens with one attached hydrogen (secondary N) is 1. The lowest BCUT2D eigenvalue weighted by Crippen LogP contribution is -2.34. The normalized spacial score (nSPS) is 23.6. The van der Waals surface area contributed by atoms with Gasteiger partial charge in [0.25, 0.3) is 0 Å². The first kappa shape index (κ1) is 13.0. The third-order valence-corrected chi connectivity index (χ3v) is 4.43. The maximum atomic E-state index is 5.39. The molecule has 1 aliphatic carbocycles. The predicted molar refractivity (Wildman–Crippen MR) is 76.8 cm³/mol. The summed E-state index contributed by atoms with van der Waals surface area (Å²) in [4.78, 5) is 6.93. The van der Waals surface area contributed by atoms with Gasteiger partial charge in [0, 0.05) is 24.1 Å². The Morgan fingerprint density at radius 3 is 3.00 bits per heavy atom. The maximum absolute atomic E-state index is 5.39. The molecule has 0 aromatic carbocycles. The molecule has 2 aromatic heterocycles. The van der Waals surface area contributed by atoms with Crippen molar-refractivity contribution in [3.8, 4) is 0 Å². The van der Waals surface area contributed by atoms with Crippen molar-refractivity contribution in [1.82, 2.24) is 25.2 Å². The number of rotatable bonds is 4. The zero-order chi connectivity index (χ0) is 14.2. The molecular formula is C15H21N5O. The fourth-order valence-corrected chi connectivity index (χ4v) is 3.12. The van der Waals surface area contributed by atoms with Gasteiger partial charge in [-0.05, 0) is 45.2 Å². The lowest BCUT2D eigenvalue weighted by atomic mass is 9.95. The number of aromatic amines is 1. The summed E-state index contributed by atoms with van der Waals surface area (Å²) in [5.41, 5.74) is 2.31. The number of aromatic nitrogens is 4. The molecule has 6 heteroatoms. The highest BCUT2D eigenvalue weighted by Gasteiger charge is 2.29. The highest BCUT2D eigenvalue weighted by molar-refractivity contribution is 5.13. The van der Waals surface area contributed by atoms with Gasteiger partial charge in [-0.3, -0.25) is 10.00 Å². The van der Waals surface area contributed by atoms with Crippen molar-refractivity contribution in [3.63, 3.8) is 0 Å². The first-order chi connectivity index (χ1) is 10.3. The van der Waals surface area contributed by atoms with E-state index in [1.54, 1.807) is 0 Å². The maximum Gasteiger partial charge on any atom is 0.240 e. The standard InChI is InChI=1S/C15H21N5O/c1-10-7-13(18-17-10)12-3-2-6-20(8-12)9-14-16-15(19-21-14)11-4-5-11/h7,11-12H,2-6,8-9H2,1H3,(H,17,18)/t12-/m1/s1. The molecule has 1 atom stereocenters. The van der Waals surface area contributed by atoms with Gasteiger partial charge in [-0.15, -0.1) is 0 Å². The van der Waals surface area contributed by atoms with Crippen LogP contribution in [0.15, 0.2) is 10.6 Å². The van der Waals surface area contributed by atoms with E-state index in [-0.39, 0.29) is 0 Å². The second kappa shape index (κ2) is 5.26. The summed E-state index contributed by atoms with van der Waals surface area (Å²) in [5.74, 6) is 2.73. The summed E-state index contributed by atoms with van der Waals surface area (Å²) in [6, 6.07) is 2.16. The van der Waals surface area contributed by atoms with Gasteiger partial charge in [-0.1, -0.05) is 5.16 Å². The summed E-state index contributed by atoms with van der Waals surface area (Å²) in [6.45, 7) is 4.93. The van der Waals surface area contributed by atoms with Crippen LogP contribution in [0.1, 0.15) is 60.6 Å². The molecule has 0 unspecified atom stereocenters. The van der Waals surface area contributed by atoms with E-state index < -0.39 is 0 Å². The van der Waals surface area contributed by atoms with Gasteiger partial charge in [0.15, 0.2) is 5.82 Å². The molecule has 0 radical (unpaired) electrons. The zero-order valence-electron chi connectivity index (χ0n) is 12.4. The van der Waals surface area contributed by atoms with Crippen LogP contribution in [-0.2, 0) is 6.54 Å². The molecule has 6 nitrogen and oxygen atoms in total. The van der Waals surface area contributed by atoms with Crippen molar-refractivity contribution in [2.24, 2.45) is 0 Å². The molecule has 1 aliphatic heterocycles. The van der Waals surface area contributed by atoms with Crippen LogP contribution in [0.2, 0.25) is 0 Å². The molecule has 0 spiro atoms. The summed E-state index contributed by atoms with van der Waals surface area (Å²) < 4.78 is 5.39. The lowest BCUT2D eigenvalue weighted by Gasteiger charge is -2.30. The molecule has 112 valence electrons. The van der Waals surface area contributed by atoms with Crippen LogP contribution in [0.3, 0.4) is 0 Å². The first-order valence-electron chi connectivity index (χ1n) is 7.84. The van der Waals surface area contributed by atoms with Crippen LogP contribution in [0.5, 0.6) is 0 Å². The summed E-state index contributed by atoms with van der Waals surface area (Å²) >= 11 is 0. The molecule has 2 aromatic rings. The van der Waals surface area contributed by atoms with Gasteiger partial charge in [-0.25, -0.2) is 0 Å². The van der Waals surface area contributed by atoms with Crippen LogP contribution < -0.4 is 0 Å². The van der Waals surface area contributed by atoms with Crippen LogP contribution in [0, 0.1) is 6.92 Å². The van der Waals surface area contributed by atoms with Crippen LogP contribution in [0.4, 0.5) is 0 Å². The van der Waals surface area contributed by atoms with Crippen LogP contribution >= 0.6 is 0 Å². The van der Waals surface area contributed by atoms with E-state index >= 15 is 0 Å². The van der Waals surface area contributed by atoms with Gasteiger partial charge >= 0.3 is 0 Å². The summed E-state index contributed by atoms with van der Waals surface area (Å²) in [5, 5.41) is 11.6. The summed E-state index contributed by atoms with van der Waals surface area (Å²) in [6.07, 6.45) is 4.82. The van der Waals surface area contributed by atoms with Gasteiger partial charge in [0.05, 0.1) is 12.2 Å². The Bertz CT molecular complexity index is 615. The van der Waals surface area contributed by atoms with Crippen molar-refractivity contribution in [2.75, 3.05) is 13.1 Å². The van der Waals surface area contributed by atoms with E-state index in [1.165, 1.54) is 31.4 Å². The van der Waals surface area contributed by atoms with E-state index in [0.717, 1.165) is 37.0 Å². The van der Waals surface area contributed by atoms with Crippen LogP contribution in [0.25, 0.3) is 0 Å². The van der Waals surface area contributed by atoms with E-state index in [4.69, 9.17) is 4.52 Å². The number of piperidine rings is 1. The van der Waals surface area contributed by atoms with Gasteiger partial charge < -0.3 is 4.52 Å². The molecule has 2 aliphatic rings. The molecule has 3 heterocycles. The highest BCUT2D eigenvalue weighted by atomic mass is 16.5. The van der Waals surface area contributed by atoms with Gasteiger partial charge in [0.1, 0.15) is 0 Å². The second-order valence-corrected chi connectivity index (χ2v) is 6.37. The fraction of sp³-hybridized carbons (Fsp3) is 0.667. The van der Waals surface area contributed by atoms with Crippen molar-refractivity contribution < 1.29 is 4.52 Å². The van der Waals surface area contributed by atoms with Crippen molar-refractivity contribution in [3.05, 3.63) is 29.2 Å². The minimum Gasteiger partial charge on any atom is -0.338 e. The van der Waals surface area contributed by atoms with Gasteiger partial charge in [0.2, 0.25) is 5.89 Å². The van der Waals surface area contributed by atoms with Crippen molar-refractivity contribution in [2.45, 2.75) is 51.0 Å². The Kier molecular flexibility index (Phi) is 3.25. The number of aryl methyl sites for hydroxylation is 1. The van der Waals surface area contributed by atoms with E-state index in [1.807, 2.05) is 0 Å². The fourth-order valence-electron chi connectivity index (χ4n) is 3.12. The molecule has 4 rings (SSSR count). The average Bonchev–Trinajstić information content (AvgIpc) is 3.09. The Morgan fingerprint density at radius 2 is 2.24 bits per heavy atom. The smallest absolute Gasteiger partial charge is 0.240 e. The summed E-state index contributed by atoms with van der Waals surface area (Å²) in [7, 11) is 0. The number of nitrogens with zero attached hydrogens (tertiary/aromatic N) is 4. The van der Waals surface area contributed by atoms with E-state index in [9.17, 15) is 0 Å². The monoisotopic (exact) mass is 287 g/mol. The van der Waals surface area contributed by atoms with E-state index in [2.05, 4.69) is 38.2 Å². The molecule has 1 saturated carbocycles. The topological polar surface area (TPSA) is 70.8 Å². The predicted octanol–water partition coefficient (Wildman–Crippen LogP) is 2.36. The van der Waals surface area contributed by atoms with Crippen LogP contribution in [-0.4, -0.2) is 38.3 Å². The largest absolute Gasteiger partial charge is 0.338 e. The zero-order valence-corrected chi connectivity index (χ0v) is 12.4. The molecule has 0 bridgehead atoms. The molecule has 21 heavy (non-hydrogen) atoms. The quantitative estimate of drug-likeness (QED) is 0.934.